The molecule has 6 heterocycles. The van der Waals surface area contributed by atoms with E-state index in [1.165, 1.54) is 10.6 Å². The zero-order valence-corrected chi connectivity index (χ0v) is 42.4. The van der Waals surface area contributed by atoms with E-state index in [4.69, 9.17) is 9.72 Å². The Kier molecular flexibility index (Phi) is 14.3. The number of fused-ring (bicyclic) bond motifs is 2. The van der Waals surface area contributed by atoms with E-state index >= 15 is 0 Å². The molecule has 6 aromatic rings. The second-order valence-electron chi connectivity index (χ2n) is 19.8. The third kappa shape index (κ3) is 10.1. The van der Waals surface area contributed by atoms with Crippen molar-refractivity contribution in [2.75, 3.05) is 86.5 Å². The van der Waals surface area contributed by atoms with Crippen LogP contribution in [0.25, 0.3) is 17.1 Å². The summed E-state index contributed by atoms with van der Waals surface area (Å²) in [6, 6.07) is 24.1. The molecular formula is C55H64N12O7. The molecule has 3 fully saturated rings. The lowest BCUT2D eigenvalue weighted by atomic mass is 9.95. The lowest BCUT2D eigenvalue weighted by Gasteiger charge is -2.33. The fourth-order valence-electron chi connectivity index (χ4n) is 10.9. The number of anilines is 6. The average molecular weight is 1010 g/mol. The van der Waals surface area contributed by atoms with Crippen molar-refractivity contribution in [1.29, 1.82) is 0 Å². The molecule has 19 heteroatoms. The lowest BCUT2D eigenvalue weighted by Crippen LogP contribution is -2.43. The molecule has 1 atom stereocenters. The average Bonchev–Trinajstić information content (AvgIpc) is 4.06. The Morgan fingerprint density at radius 1 is 0.797 bits per heavy atom. The van der Waals surface area contributed by atoms with Crippen LogP contribution in [0.1, 0.15) is 67.4 Å². The molecule has 4 aromatic carbocycles. The summed E-state index contributed by atoms with van der Waals surface area (Å²) in [5, 5.41) is 34.1. The van der Waals surface area contributed by atoms with E-state index in [1.807, 2.05) is 97.4 Å². The fraction of sp³-hybridized carbons (Fsp3) is 0.400. The van der Waals surface area contributed by atoms with Crippen LogP contribution in [0, 0.1) is 17.8 Å². The van der Waals surface area contributed by atoms with Crippen molar-refractivity contribution in [3.8, 4) is 34.3 Å². The lowest BCUT2D eigenvalue weighted by molar-refractivity contribution is -0.136. The van der Waals surface area contributed by atoms with Crippen molar-refractivity contribution in [2.24, 2.45) is 17.8 Å². The Morgan fingerprint density at radius 3 is 2.30 bits per heavy atom. The van der Waals surface area contributed by atoms with Crippen molar-refractivity contribution in [3.05, 3.63) is 112 Å². The van der Waals surface area contributed by atoms with E-state index < -0.39 is 5.69 Å². The molecule has 0 bridgehead atoms. The van der Waals surface area contributed by atoms with E-state index in [9.17, 15) is 29.4 Å². The Labute approximate surface area is 429 Å². The smallest absolute Gasteiger partial charge is 0.348 e. The van der Waals surface area contributed by atoms with E-state index in [-0.39, 0.29) is 52.8 Å². The molecule has 2 aromatic heterocycles. The minimum absolute atomic E-state index is 0.0114. The number of nitrogens with zero attached hydrogens (tertiary/aromatic N) is 9. The number of rotatable bonds is 14. The number of aryl methyl sites for hydroxylation is 1. The monoisotopic (exact) mass is 1000 g/mol. The van der Waals surface area contributed by atoms with Crippen LogP contribution in [-0.4, -0.2) is 129 Å². The van der Waals surface area contributed by atoms with Gasteiger partial charge in [-0.3, -0.25) is 19.3 Å². The van der Waals surface area contributed by atoms with Gasteiger partial charge in [0.1, 0.15) is 22.9 Å². The van der Waals surface area contributed by atoms with Crippen molar-refractivity contribution >= 4 is 52.2 Å². The van der Waals surface area contributed by atoms with E-state index in [2.05, 4.69) is 35.6 Å². The summed E-state index contributed by atoms with van der Waals surface area (Å²) >= 11 is 0. The predicted molar refractivity (Wildman–Crippen MR) is 283 cm³/mol. The Bertz CT molecular complexity index is 3110. The number of ether oxygens (including phenoxy) is 1. The summed E-state index contributed by atoms with van der Waals surface area (Å²) < 4.78 is 7.52. The van der Waals surface area contributed by atoms with Crippen LogP contribution >= 0.6 is 0 Å². The Morgan fingerprint density at radius 2 is 1.54 bits per heavy atom. The predicted octanol–water partition coefficient (Wildman–Crippen LogP) is 6.58. The van der Waals surface area contributed by atoms with Gasteiger partial charge in [0, 0.05) is 83.0 Å². The van der Waals surface area contributed by atoms with Crippen LogP contribution < -0.4 is 35.8 Å². The minimum Gasteiger partial charge on any atom is -0.508 e. The first kappa shape index (κ1) is 49.6. The van der Waals surface area contributed by atoms with Gasteiger partial charge in [0.25, 0.3) is 5.91 Å². The first-order valence-corrected chi connectivity index (χ1v) is 25.7. The van der Waals surface area contributed by atoms with Crippen LogP contribution in [-0.2, 0) is 22.6 Å². The number of phenolic OH excluding ortho intramolecular Hbond substituents is 2. The van der Waals surface area contributed by atoms with E-state index in [0.717, 1.165) is 75.2 Å². The summed E-state index contributed by atoms with van der Waals surface area (Å²) in [5.74, 6) is 1.98. The molecule has 10 rings (SSSR count). The van der Waals surface area contributed by atoms with Gasteiger partial charge in [-0.25, -0.2) is 19.4 Å². The number of phenols is 2. The van der Waals surface area contributed by atoms with Crippen LogP contribution in [0.3, 0.4) is 0 Å². The highest BCUT2D eigenvalue weighted by atomic mass is 16.5. The number of para-hydroxylation sites is 1. The van der Waals surface area contributed by atoms with Gasteiger partial charge >= 0.3 is 5.69 Å². The first-order valence-electron chi connectivity index (χ1n) is 25.7. The molecule has 19 nitrogen and oxygen atoms in total. The van der Waals surface area contributed by atoms with Crippen molar-refractivity contribution < 1.29 is 29.3 Å². The number of amides is 3. The van der Waals surface area contributed by atoms with Gasteiger partial charge in [0.05, 0.1) is 41.0 Å². The molecule has 74 heavy (non-hydrogen) atoms. The Balaban J connectivity index is 0.666. The van der Waals surface area contributed by atoms with Crippen molar-refractivity contribution in [2.45, 2.75) is 58.9 Å². The molecule has 0 saturated carbocycles. The molecule has 4 aliphatic heterocycles. The van der Waals surface area contributed by atoms with Gasteiger partial charge in [0.15, 0.2) is 11.6 Å². The van der Waals surface area contributed by atoms with Crippen LogP contribution in [0.15, 0.2) is 89.9 Å². The number of carbonyl (C=O) groups excluding carboxylic acids is 3. The number of likely N-dealkylation sites (tertiary alicyclic amines) is 2. The summed E-state index contributed by atoms with van der Waals surface area (Å²) in [5.41, 5.74) is 5.88. The van der Waals surface area contributed by atoms with Gasteiger partial charge in [-0.1, -0.05) is 31.2 Å². The summed E-state index contributed by atoms with van der Waals surface area (Å²) in [7, 11) is 3.62. The zero-order chi connectivity index (χ0) is 51.6. The molecule has 4 aliphatic rings. The second-order valence-corrected chi connectivity index (χ2v) is 19.8. The van der Waals surface area contributed by atoms with Crippen molar-refractivity contribution in [1.82, 2.24) is 39.8 Å². The molecule has 0 aliphatic carbocycles. The number of hydrogen-bond donors (Lipinski definition) is 5. The number of aromatic nitrogens is 5. The number of aromatic amines is 1. The van der Waals surface area contributed by atoms with Crippen LogP contribution in [0.2, 0.25) is 0 Å². The highest BCUT2D eigenvalue weighted by Gasteiger charge is 2.35. The number of aromatic hydroxyl groups is 2. The highest BCUT2D eigenvalue weighted by Crippen LogP contribution is 2.40. The van der Waals surface area contributed by atoms with Gasteiger partial charge in [-0.2, -0.15) is 10.1 Å². The van der Waals surface area contributed by atoms with E-state index in [0.29, 0.717) is 90.5 Å². The minimum atomic E-state index is -0.440. The maximum Gasteiger partial charge on any atom is 0.348 e. The number of carbonyl (C=O) groups is 3. The number of H-pyrrole nitrogens is 1. The molecular weight excluding hydrogens is 941 g/mol. The summed E-state index contributed by atoms with van der Waals surface area (Å²) in [4.78, 5) is 72.9. The first-order chi connectivity index (χ1) is 35.9. The van der Waals surface area contributed by atoms with E-state index in [1.54, 1.807) is 24.2 Å². The topological polar surface area (TPSA) is 218 Å². The largest absolute Gasteiger partial charge is 0.508 e. The third-order valence-corrected chi connectivity index (χ3v) is 15.2. The zero-order valence-electron chi connectivity index (χ0n) is 42.4. The molecule has 386 valence electrons. The number of hydrogen-bond acceptors (Lipinski definition) is 14. The normalized spacial score (nSPS) is 17.5. The van der Waals surface area contributed by atoms with Crippen molar-refractivity contribution in [3.63, 3.8) is 0 Å². The van der Waals surface area contributed by atoms with Crippen LogP contribution in [0.4, 0.5) is 34.5 Å². The molecule has 0 spiro atoms. The fourth-order valence-corrected chi connectivity index (χ4v) is 10.9. The molecule has 5 N–H and O–H groups in total. The number of piperidine rings is 2. The maximum absolute atomic E-state index is 13.7. The Hall–Kier alpha value is -7.93. The maximum atomic E-state index is 13.7. The third-order valence-electron chi connectivity index (χ3n) is 15.2. The van der Waals surface area contributed by atoms with Gasteiger partial charge in [-0.15, -0.1) is 0 Å². The molecule has 3 amide bonds. The summed E-state index contributed by atoms with van der Waals surface area (Å²) in [6.07, 6.45) is 6.10. The highest BCUT2D eigenvalue weighted by molar-refractivity contribution is 6.13. The van der Waals surface area contributed by atoms with Gasteiger partial charge in [-0.05, 0) is 118 Å². The number of nitrogens with one attached hydrogen (secondary N) is 3. The number of benzene rings is 4. The quantitative estimate of drug-likeness (QED) is 0.0779. The standard InChI is InChI=1S/C55H64N12O7/c1-5-36-27-42(47(69)29-46(36)68)49-60-61-55(73)67(49)39-13-11-34(12-14-39)32-64-22-18-38(19-23-64)52(71)66-24-17-35(33-66)30-56-51(70)37-20-25-65(26-21-37)40-15-16-43(48(28-40)74-6-2)58-54-57-31-45-50(59-54)62(3)44-10-8-7-9-41(44)53(72)63(45)4/h7-16,27-29,31,35,37-38,68-69H,5-6,17-26,30,32-33H2,1-4H3,(H,56,70)(H,61,73)(H,57,58,59). The van der Waals surface area contributed by atoms with Gasteiger partial charge < -0.3 is 45.2 Å². The molecule has 0 radical (unpaired) electrons. The molecule has 3 saturated heterocycles. The SMILES string of the molecule is CCOc1cc(N2CCC(C(=O)NCC3CCN(C(=O)C4CCN(Cc5ccc(-n6c(-c7cc(CC)c(O)cc7O)n[nH]c6=O)cc5)CC4)C3)CC2)ccc1Nc1ncc2c(n1)N(C)c1ccccc1C(=O)N2C. The van der Waals surface area contributed by atoms with Gasteiger partial charge in [0.2, 0.25) is 17.8 Å². The molecule has 1 unspecified atom stereocenters. The second kappa shape index (κ2) is 21.3. The van der Waals surface area contributed by atoms with Crippen LogP contribution in [0.5, 0.6) is 17.2 Å². The summed E-state index contributed by atoms with van der Waals surface area (Å²) in [6.45, 7) is 10.0.